The third kappa shape index (κ3) is 5.83. The van der Waals surface area contributed by atoms with Crippen LogP contribution in [0.4, 0.5) is 32.2 Å². The molecule has 1 aromatic heterocycles. The molecular weight excluding hydrogens is 527 g/mol. The number of amides is 2. The van der Waals surface area contributed by atoms with Crippen LogP contribution in [0.15, 0.2) is 48.7 Å². The number of carbonyl (C=O) groups excluding carboxylic acids is 2. The van der Waals surface area contributed by atoms with E-state index < -0.39 is 17.3 Å². The molecule has 0 radical (unpaired) electrons. The Labute approximate surface area is 230 Å². The molecule has 0 unspecified atom stereocenters. The minimum Gasteiger partial charge on any atom is -0.455 e. The molecule has 12 heteroatoms. The van der Waals surface area contributed by atoms with Crippen molar-refractivity contribution in [3.63, 3.8) is 0 Å². The summed E-state index contributed by atoms with van der Waals surface area (Å²) < 4.78 is 25.5. The Morgan fingerprint density at radius 2 is 1.82 bits per heavy atom. The van der Waals surface area contributed by atoms with Gasteiger partial charge in [-0.05, 0) is 57.2 Å². The van der Waals surface area contributed by atoms with Crippen LogP contribution in [0.1, 0.15) is 31.1 Å². The van der Waals surface area contributed by atoms with E-state index in [1.165, 1.54) is 24.4 Å². The van der Waals surface area contributed by atoms with E-state index in [9.17, 15) is 14.0 Å². The Morgan fingerprint density at radius 3 is 2.49 bits per heavy atom. The average Bonchev–Trinajstić information content (AvgIpc) is 2.89. The predicted octanol–water partition coefficient (Wildman–Crippen LogP) is 5.07. The lowest BCUT2D eigenvalue weighted by Gasteiger charge is -2.36. The van der Waals surface area contributed by atoms with Crippen molar-refractivity contribution in [2.45, 2.75) is 26.4 Å². The molecule has 5 rings (SSSR count). The SMILES string of the molecule is CC(C)(C)OC(=O)N1CCN(c2ccc(Nc3ncc4c(n3)OCN(c3c(F)cccc3Cl)C4=O)cc2)CC1. The summed E-state index contributed by atoms with van der Waals surface area (Å²) in [5.41, 5.74) is 1.30. The van der Waals surface area contributed by atoms with Gasteiger partial charge in [-0.1, -0.05) is 17.7 Å². The van der Waals surface area contributed by atoms with Crippen LogP contribution in [0, 0.1) is 5.82 Å². The van der Waals surface area contributed by atoms with Gasteiger partial charge in [0.05, 0.1) is 5.02 Å². The summed E-state index contributed by atoms with van der Waals surface area (Å²) in [6, 6.07) is 11.9. The van der Waals surface area contributed by atoms with E-state index in [2.05, 4.69) is 20.2 Å². The molecular formula is C27H28ClFN6O4. The molecule has 0 aliphatic carbocycles. The predicted molar refractivity (Wildman–Crippen MR) is 145 cm³/mol. The molecule has 0 saturated carbocycles. The largest absolute Gasteiger partial charge is 0.455 e. The standard InChI is InChI=1S/C27H28ClFN6O4/c1-27(2,3)39-26(37)34-13-11-33(12-14-34)18-9-7-17(8-10-18)31-25-30-15-19-23(32-25)38-16-35(24(19)36)22-20(28)5-4-6-21(22)29/h4-10,15H,11-14,16H2,1-3H3,(H,30,31,32). The second-order valence-corrected chi connectivity index (χ2v) is 10.5. The summed E-state index contributed by atoms with van der Waals surface area (Å²) >= 11 is 6.12. The molecule has 0 bridgehead atoms. The van der Waals surface area contributed by atoms with Gasteiger partial charge < -0.3 is 24.6 Å². The first-order valence-electron chi connectivity index (χ1n) is 12.4. The number of carbonyl (C=O) groups is 2. The van der Waals surface area contributed by atoms with Gasteiger partial charge in [0.1, 0.15) is 22.7 Å². The van der Waals surface area contributed by atoms with Crippen molar-refractivity contribution in [3.05, 3.63) is 65.1 Å². The van der Waals surface area contributed by atoms with E-state index in [1.54, 1.807) is 4.90 Å². The number of nitrogens with zero attached hydrogens (tertiary/aromatic N) is 5. The second-order valence-electron chi connectivity index (χ2n) is 10.1. The molecule has 204 valence electrons. The summed E-state index contributed by atoms with van der Waals surface area (Å²) in [6.07, 6.45) is 1.05. The summed E-state index contributed by atoms with van der Waals surface area (Å²) in [7, 11) is 0. The lowest BCUT2D eigenvalue weighted by molar-refractivity contribution is 0.0240. The number of nitrogens with one attached hydrogen (secondary N) is 1. The lowest BCUT2D eigenvalue weighted by atomic mass is 10.2. The molecule has 2 aliphatic heterocycles. The quantitative estimate of drug-likeness (QED) is 0.477. The fraction of sp³-hybridized carbons (Fsp3) is 0.333. The van der Waals surface area contributed by atoms with Gasteiger partial charge in [0.25, 0.3) is 5.91 Å². The number of aromatic nitrogens is 2. The number of hydrogen-bond acceptors (Lipinski definition) is 8. The van der Waals surface area contributed by atoms with Crippen molar-refractivity contribution in [3.8, 4) is 5.88 Å². The van der Waals surface area contributed by atoms with Crippen molar-refractivity contribution in [1.82, 2.24) is 14.9 Å². The molecule has 3 aromatic rings. The molecule has 1 saturated heterocycles. The first-order chi connectivity index (χ1) is 18.6. The Hall–Kier alpha value is -4.12. The van der Waals surface area contributed by atoms with Crippen molar-refractivity contribution in [1.29, 1.82) is 0 Å². The fourth-order valence-corrected chi connectivity index (χ4v) is 4.55. The topological polar surface area (TPSA) is 100 Å². The van der Waals surface area contributed by atoms with E-state index in [0.717, 1.165) is 16.3 Å². The van der Waals surface area contributed by atoms with Crippen molar-refractivity contribution in [2.75, 3.05) is 48.0 Å². The number of rotatable bonds is 4. The van der Waals surface area contributed by atoms with Gasteiger partial charge >= 0.3 is 6.09 Å². The molecule has 0 atom stereocenters. The molecule has 39 heavy (non-hydrogen) atoms. The van der Waals surface area contributed by atoms with Gasteiger partial charge in [0.15, 0.2) is 6.73 Å². The van der Waals surface area contributed by atoms with Crippen LogP contribution in [0.25, 0.3) is 0 Å². The smallest absolute Gasteiger partial charge is 0.410 e. The van der Waals surface area contributed by atoms with Crippen molar-refractivity contribution < 1.29 is 23.5 Å². The minimum absolute atomic E-state index is 0.0524. The van der Waals surface area contributed by atoms with E-state index in [4.69, 9.17) is 21.1 Å². The average molecular weight is 555 g/mol. The monoisotopic (exact) mass is 554 g/mol. The van der Waals surface area contributed by atoms with Crippen LogP contribution >= 0.6 is 11.6 Å². The van der Waals surface area contributed by atoms with E-state index in [-0.39, 0.29) is 40.9 Å². The summed E-state index contributed by atoms with van der Waals surface area (Å²) in [5.74, 6) is -0.792. The number of fused-ring (bicyclic) bond motifs is 1. The third-order valence-corrected chi connectivity index (χ3v) is 6.49. The number of piperazine rings is 1. The van der Waals surface area contributed by atoms with Crippen molar-refractivity contribution >= 4 is 46.6 Å². The molecule has 1 fully saturated rings. The van der Waals surface area contributed by atoms with Crippen LogP contribution in [0.3, 0.4) is 0 Å². The summed E-state index contributed by atoms with van der Waals surface area (Å²) in [4.78, 5) is 38.9. The molecule has 3 heterocycles. The van der Waals surface area contributed by atoms with E-state index >= 15 is 0 Å². The summed E-state index contributed by atoms with van der Waals surface area (Å²) in [6.45, 7) is 7.89. The van der Waals surface area contributed by atoms with Gasteiger partial charge in [-0.2, -0.15) is 4.98 Å². The molecule has 1 N–H and O–H groups in total. The van der Waals surface area contributed by atoms with Crippen LogP contribution in [-0.2, 0) is 4.74 Å². The van der Waals surface area contributed by atoms with Crippen LogP contribution < -0.4 is 19.9 Å². The van der Waals surface area contributed by atoms with E-state index in [0.29, 0.717) is 26.2 Å². The van der Waals surface area contributed by atoms with Crippen LogP contribution in [0.2, 0.25) is 5.02 Å². The lowest BCUT2D eigenvalue weighted by Crippen LogP contribution is -2.50. The highest BCUT2D eigenvalue weighted by Gasteiger charge is 2.32. The highest BCUT2D eigenvalue weighted by Crippen LogP contribution is 2.34. The second kappa shape index (κ2) is 10.6. The third-order valence-electron chi connectivity index (χ3n) is 6.19. The van der Waals surface area contributed by atoms with Gasteiger partial charge in [0, 0.05) is 43.8 Å². The van der Waals surface area contributed by atoms with Crippen molar-refractivity contribution in [2.24, 2.45) is 0 Å². The Morgan fingerprint density at radius 1 is 1.10 bits per heavy atom. The number of hydrogen-bond donors (Lipinski definition) is 1. The number of ether oxygens (including phenoxy) is 2. The number of para-hydroxylation sites is 1. The maximum atomic E-state index is 14.3. The molecule has 2 aliphatic rings. The van der Waals surface area contributed by atoms with Gasteiger partial charge in [-0.25, -0.2) is 14.2 Å². The molecule has 10 nitrogen and oxygen atoms in total. The van der Waals surface area contributed by atoms with Gasteiger partial charge in [-0.3, -0.25) is 9.69 Å². The Bertz CT molecular complexity index is 1370. The zero-order chi connectivity index (χ0) is 27.7. The number of halogens is 2. The number of anilines is 4. The summed E-state index contributed by atoms with van der Waals surface area (Å²) in [5, 5.41) is 3.21. The maximum Gasteiger partial charge on any atom is 0.410 e. The first-order valence-corrected chi connectivity index (χ1v) is 12.8. The highest BCUT2D eigenvalue weighted by atomic mass is 35.5. The maximum absolute atomic E-state index is 14.3. The molecule has 2 aromatic carbocycles. The molecule has 2 amide bonds. The van der Waals surface area contributed by atoms with E-state index in [1.807, 2.05) is 45.0 Å². The van der Waals surface area contributed by atoms with Gasteiger partial charge in [-0.15, -0.1) is 0 Å². The Balaban J connectivity index is 1.21. The van der Waals surface area contributed by atoms with Crippen LogP contribution in [-0.4, -0.2) is 65.4 Å². The highest BCUT2D eigenvalue weighted by molar-refractivity contribution is 6.34. The normalized spacial score (nSPS) is 15.5. The Kier molecular flexibility index (Phi) is 7.17. The first kappa shape index (κ1) is 26.5. The fourth-order valence-electron chi connectivity index (χ4n) is 4.28. The van der Waals surface area contributed by atoms with Gasteiger partial charge in [0.2, 0.25) is 11.8 Å². The molecule has 0 spiro atoms. The zero-order valence-corrected chi connectivity index (χ0v) is 22.5. The number of benzene rings is 2. The van der Waals surface area contributed by atoms with Crippen LogP contribution in [0.5, 0.6) is 5.88 Å². The zero-order valence-electron chi connectivity index (χ0n) is 21.8. The minimum atomic E-state index is -0.629.